The lowest BCUT2D eigenvalue weighted by Crippen LogP contribution is -2.49. The fourth-order valence-electron chi connectivity index (χ4n) is 3.05. The average molecular weight is 401 g/mol. The standard InChI is InChI=1S/C23H29ClN2O2/c1-4-14-25-23(28)21(5-2)26(16-19-8-6-17(3)7-9-19)22(27)15-18-10-12-20(24)13-11-18/h6-13,21H,4-5,14-16H2,1-3H3,(H,25,28)/t21-/m0/s1. The molecule has 28 heavy (non-hydrogen) atoms. The highest BCUT2D eigenvalue weighted by atomic mass is 35.5. The van der Waals surface area contributed by atoms with E-state index in [1.54, 1.807) is 17.0 Å². The van der Waals surface area contributed by atoms with Crippen molar-refractivity contribution in [2.75, 3.05) is 6.54 Å². The molecule has 0 fully saturated rings. The van der Waals surface area contributed by atoms with Crippen LogP contribution < -0.4 is 5.32 Å². The minimum absolute atomic E-state index is 0.0682. The summed E-state index contributed by atoms with van der Waals surface area (Å²) in [5.74, 6) is -0.165. The Morgan fingerprint density at radius 3 is 2.18 bits per heavy atom. The van der Waals surface area contributed by atoms with E-state index in [1.165, 1.54) is 0 Å². The molecular formula is C23H29ClN2O2. The summed E-state index contributed by atoms with van der Waals surface area (Å²) >= 11 is 5.95. The van der Waals surface area contributed by atoms with Gasteiger partial charge < -0.3 is 10.2 Å². The van der Waals surface area contributed by atoms with Gasteiger partial charge in [-0.15, -0.1) is 0 Å². The van der Waals surface area contributed by atoms with E-state index in [2.05, 4.69) is 5.32 Å². The molecule has 2 aromatic carbocycles. The zero-order valence-electron chi connectivity index (χ0n) is 16.9. The van der Waals surface area contributed by atoms with Gasteiger partial charge in [-0.05, 0) is 43.0 Å². The number of nitrogens with zero attached hydrogens (tertiary/aromatic N) is 1. The van der Waals surface area contributed by atoms with Crippen LogP contribution in [-0.2, 0) is 22.6 Å². The highest BCUT2D eigenvalue weighted by Crippen LogP contribution is 2.16. The Balaban J connectivity index is 2.24. The molecule has 1 atom stereocenters. The summed E-state index contributed by atoms with van der Waals surface area (Å²) in [7, 11) is 0. The van der Waals surface area contributed by atoms with Crippen molar-refractivity contribution in [3.05, 3.63) is 70.2 Å². The third-order valence-corrected chi connectivity index (χ3v) is 4.93. The number of rotatable bonds is 9. The molecule has 0 unspecified atom stereocenters. The SMILES string of the molecule is CCCNC(=O)[C@H](CC)N(Cc1ccc(C)cc1)C(=O)Cc1ccc(Cl)cc1. The van der Waals surface area contributed by atoms with Crippen LogP contribution in [0.3, 0.4) is 0 Å². The Hall–Kier alpha value is -2.33. The predicted molar refractivity (Wildman–Crippen MR) is 114 cm³/mol. The van der Waals surface area contributed by atoms with Gasteiger partial charge in [-0.2, -0.15) is 0 Å². The fraction of sp³-hybridized carbons (Fsp3) is 0.391. The van der Waals surface area contributed by atoms with E-state index in [0.717, 1.165) is 23.1 Å². The second-order valence-corrected chi connectivity index (χ2v) is 7.46. The number of hydrogen-bond acceptors (Lipinski definition) is 2. The number of benzene rings is 2. The molecule has 0 aliphatic rings. The lowest BCUT2D eigenvalue weighted by molar-refractivity contribution is -0.140. The smallest absolute Gasteiger partial charge is 0.242 e. The van der Waals surface area contributed by atoms with Crippen molar-refractivity contribution in [1.82, 2.24) is 10.2 Å². The number of amides is 2. The lowest BCUT2D eigenvalue weighted by Gasteiger charge is -2.31. The van der Waals surface area contributed by atoms with Gasteiger partial charge in [0, 0.05) is 18.1 Å². The third kappa shape index (κ3) is 6.38. The average Bonchev–Trinajstić information content (AvgIpc) is 2.69. The van der Waals surface area contributed by atoms with E-state index in [0.29, 0.717) is 24.5 Å². The number of aryl methyl sites for hydroxylation is 1. The maximum absolute atomic E-state index is 13.2. The number of halogens is 1. The lowest BCUT2D eigenvalue weighted by atomic mass is 10.1. The van der Waals surface area contributed by atoms with Crippen molar-refractivity contribution in [2.45, 2.75) is 52.6 Å². The van der Waals surface area contributed by atoms with Crippen molar-refractivity contribution in [3.63, 3.8) is 0 Å². The summed E-state index contributed by atoms with van der Waals surface area (Å²) in [6.07, 6.45) is 1.66. The van der Waals surface area contributed by atoms with Crippen LogP contribution in [0.25, 0.3) is 0 Å². The van der Waals surface area contributed by atoms with Gasteiger partial charge in [0.05, 0.1) is 6.42 Å². The molecule has 0 heterocycles. The van der Waals surface area contributed by atoms with Crippen LogP contribution in [0.15, 0.2) is 48.5 Å². The monoisotopic (exact) mass is 400 g/mol. The van der Waals surface area contributed by atoms with E-state index in [1.807, 2.05) is 57.2 Å². The van der Waals surface area contributed by atoms with Crippen LogP contribution in [0.1, 0.15) is 43.4 Å². The topological polar surface area (TPSA) is 49.4 Å². The van der Waals surface area contributed by atoms with E-state index in [-0.39, 0.29) is 18.2 Å². The molecule has 2 aromatic rings. The Kier molecular flexibility index (Phi) is 8.52. The van der Waals surface area contributed by atoms with Crippen molar-refractivity contribution < 1.29 is 9.59 Å². The van der Waals surface area contributed by atoms with Gasteiger partial charge in [0.2, 0.25) is 11.8 Å². The maximum atomic E-state index is 13.2. The molecule has 150 valence electrons. The zero-order valence-corrected chi connectivity index (χ0v) is 17.6. The van der Waals surface area contributed by atoms with Crippen LogP contribution in [0, 0.1) is 6.92 Å². The first-order chi connectivity index (χ1) is 13.4. The van der Waals surface area contributed by atoms with Gasteiger partial charge in [0.1, 0.15) is 6.04 Å². The minimum Gasteiger partial charge on any atom is -0.354 e. The molecule has 2 rings (SSSR count). The van der Waals surface area contributed by atoms with Gasteiger partial charge in [0.15, 0.2) is 0 Å². The third-order valence-electron chi connectivity index (χ3n) is 4.68. The highest BCUT2D eigenvalue weighted by molar-refractivity contribution is 6.30. The molecule has 0 saturated heterocycles. The quantitative estimate of drug-likeness (QED) is 0.672. The number of carbonyl (C=O) groups is 2. The van der Waals surface area contributed by atoms with Crippen molar-refractivity contribution >= 4 is 23.4 Å². The molecule has 0 aliphatic heterocycles. The summed E-state index contributed by atoms with van der Waals surface area (Å²) in [5.41, 5.74) is 3.06. The maximum Gasteiger partial charge on any atom is 0.242 e. The summed E-state index contributed by atoms with van der Waals surface area (Å²) in [6.45, 7) is 7.00. The normalized spacial score (nSPS) is 11.7. The van der Waals surface area contributed by atoms with E-state index >= 15 is 0 Å². The molecular weight excluding hydrogens is 372 g/mol. The molecule has 2 amide bonds. The Labute approximate surface area is 172 Å². The zero-order chi connectivity index (χ0) is 20.5. The van der Waals surface area contributed by atoms with Crippen LogP contribution in [-0.4, -0.2) is 29.3 Å². The molecule has 0 saturated carbocycles. The van der Waals surface area contributed by atoms with Gasteiger partial charge >= 0.3 is 0 Å². The Morgan fingerprint density at radius 1 is 1.00 bits per heavy atom. The second kappa shape index (κ2) is 10.9. The van der Waals surface area contributed by atoms with E-state index < -0.39 is 6.04 Å². The van der Waals surface area contributed by atoms with Crippen molar-refractivity contribution in [3.8, 4) is 0 Å². The van der Waals surface area contributed by atoms with Crippen LogP contribution >= 0.6 is 11.6 Å². The summed E-state index contributed by atoms with van der Waals surface area (Å²) in [5, 5.41) is 3.57. The van der Waals surface area contributed by atoms with Gasteiger partial charge in [0.25, 0.3) is 0 Å². The van der Waals surface area contributed by atoms with Crippen LogP contribution in [0.5, 0.6) is 0 Å². The van der Waals surface area contributed by atoms with Gasteiger partial charge in [-0.1, -0.05) is 67.4 Å². The van der Waals surface area contributed by atoms with Crippen molar-refractivity contribution in [2.24, 2.45) is 0 Å². The van der Waals surface area contributed by atoms with E-state index in [9.17, 15) is 9.59 Å². The first-order valence-corrected chi connectivity index (χ1v) is 10.2. The highest BCUT2D eigenvalue weighted by Gasteiger charge is 2.28. The van der Waals surface area contributed by atoms with Crippen LogP contribution in [0.2, 0.25) is 5.02 Å². The first-order valence-electron chi connectivity index (χ1n) is 9.81. The van der Waals surface area contributed by atoms with Gasteiger partial charge in [-0.25, -0.2) is 0 Å². The Morgan fingerprint density at radius 2 is 1.61 bits per heavy atom. The summed E-state index contributed by atoms with van der Waals surface area (Å²) in [4.78, 5) is 27.6. The molecule has 0 radical (unpaired) electrons. The second-order valence-electron chi connectivity index (χ2n) is 7.03. The van der Waals surface area contributed by atoms with E-state index in [4.69, 9.17) is 11.6 Å². The molecule has 0 aliphatic carbocycles. The number of hydrogen-bond donors (Lipinski definition) is 1. The molecule has 5 heteroatoms. The van der Waals surface area contributed by atoms with Crippen LogP contribution in [0.4, 0.5) is 0 Å². The Bertz CT molecular complexity index is 772. The number of nitrogens with one attached hydrogen (secondary N) is 1. The summed E-state index contributed by atoms with van der Waals surface area (Å²) in [6, 6.07) is 14.8. The minimum atomic E-state index is -0.493. The molecule has 0 bridgehead atoms. The fourth-order valence-corrected chi connectivity index (χ4v) is 3.18. The summed E-state index contributed by atoms with van der Waals surface area (Å²) < 4.78 is 0. The first kappa shape index (κ1) is 22.0. The predicted octanol–water partition coefficient (Wildman–Crippen LogP) is 4.52. The number of carbonyl (C=O) groups excluding carboxylic acids is 2. The molecule has 4 nitrogen and oxygen atoms in total. The molecule has 0 aromatic heterocycles. The molecule has 0 spiro atoms. The van der Waals surface area contributed by atoms with Crippen molar-refractivity contribution in [1.29, 1.82) is 0 Å². The largest absolute Gasteiger partial charge is 0.354 e. The molecule has 1 N–H and O–H groups in total. The van der Waals surface area contributed by atoms with Gasteiger partial charge in [-0.3, -0.25) is 9.59 Å².